The van der Waals surface area contributed by atoms with Crippen LogP contribution in [0.25, 0.3) is 111 Å². The van der Waals surface area contributed by atoms with Gasteiger partial charge in [0.05, 0.1) is 50.6 Å². The highest BCUT2D eigenvalue weighted by molar-refractivity contribution is 6.12. The van der Waals surface area contributed by atoms with Gasteiger partial charge in [0.2, 0.25) is 0 Å². The highest BCUT2D eigenvalue weighted by Crippen LogP contribution is 2.44. The van der Waals surface area contributed by atoms with E-state index in [2.05, 4.69) is 102 Å². The van der Waals surface area contributed by atoms with E-state index < -0.39 is 11.7 Å². The molecule has 0 unspecified atom stereocenters. The van der Waals surface area contributed by atoms with Crippen LogP contribution in [-0.2, 0) is 6.18 Å². The first-order chi connectivity index (χ1) is 34.5. The molecule has 0 atom stereocenters. The molecule has 0 fully saturated rings. The molecular formula is C62H41F3N6. The third kappa shape index (κ3) is 7.58. The number of nitriles is 1. The van der Waals surface area contributed by atoms with Gasteiger partial charge in [0, 0.05) is 49.4 Å². The lowest BCUT2D eigenvalue weighted by atomic mass is 9.94. The zero-order valence-corrected chi connectivity index (χ0v) is 38.8. The van der Waals surface area contributed by atoms with E-state index in [1.165, 1.54) is 6.07 Å². The molecule has 3 heterocycles. The van der Waals surface area contributed by atoms with Crippen LogP contribution in [0.1, 0.15) is 27.8 Å². The first-order valence-electron chi connectivity index (χ1n) is 23.3. The molecule has 0 bridgehead atoms. The minimum atomic E-state index is -4.52. The van der Waals surface area contributed by atoms with Crippen LogP contribution in [0.2, 0.25) is 0 Å². The summed E-state index contributed by atoms with van der Waals surface area (Å²) in [7, 11) is 0. The molecule has 12 aromatic rings. The molecule has 0 spiro atoms. The summed E-state index contributed by atoms with van der Waals surface area (Å²) in [6, 6.07) is 65.1. The zero-order valence-electron chi connectivity index (χ0n) is 38.8. The summed E-state index contributed by atoms with van der Waals surface area (Å²) in [5.74, 6) is 1.59. The van der Waals surface area contributed by atoms with E-state index in [0.29, 0.717) is 33.9 Å². The predicted octanol–water partition coefficient (Wildman–Crippen LogP) is 16.2. The SMILES string of the molecule is Cc1ccc2c(c1)c1cc(C)ccc1n2-c1ccc(-c2nc(-c3ccccc3)nc(-c3ccccc3)n2)cc1-c1ccc(-n2c3ccc(C)cc3c3cc(C(F)(F)F)ccc32)c(-c2ccc(C#N)cc2)c1. The number of alkyl halides is 3. The lowest BCUT2D eigenvalue weighted by molar-refractivity contribution is -0.137. The quantitative estimate of drug-likeness (QED) is 0.160. The van der Waals surface area contributed by atoms with E-state index >= 15 is 0 Å². The summed E-state index contributed by atoms with van der Waals surface area (Å²) in [6.45, 7) is 6.17. The highest BCUT2D eigenvalue weighted by Gasteiger charge is 2.31. The second-order valence-corrected chi connectivity index (χ2v) is 18.2. The van der Waals surface area contributed by atoms with Gasteiger partial charge < -0.3 is 9.13 Å². The number of aryl methyl sites for hydroxylation is 3. The number of benzene rings is 9. The summed E-state index contributed by atoms with van der Waals surface area (Å²) < 4.78 is 47.3. The Morgan fingerprint density at radius 1 is 0.394 bits per heavy atom. The number of rotatable bonds is 7. The molecule has 0 amide bonds. The molecule has 9 aromatic carbocycles. The Kier molecular flexibility index (Phi) is 10.2. The number of halogens is 3. The van der Waals surface area contributed by atoms with E-state index in [-0.39, 0.29) is 0 Å². The van der Waals surface area contributed by atoms with Gasteiger partial charge in [0.15, 0.2) is 17.5 Å². The van der Waals surface area contributed by atoms with Gasteiger partial charge in [0.1, 0.15) is 0 Å². The molecule has 6 nitrogen and oxygen atoms in total. The number of aromatic nitrogens is 5. The molecular weight excluding hydrogens is 886 g/mol. The van der Waals surface area contributed by atoms with Crippen LogP contribution < -0.4 is 0 Å². The van der Waals surface area contributed by atoms with Crippen LogP contribution in [0.15, 0.2) is 194 Å². The van der Waals surface area contributed by atoms with Crippen molar-refractivity contribution in [3.63, 3.8) is 0 Å². The first kappa shape index (κ1) is 43.2. The highest BCUT2D eigenvalue weighted by atomic mass is 19.4. The number of fused-ring (bicyclic) bond motifs is 6. The van der Waals surface area contributed by atoms with Crippen LogP contribution in [0, 0.1) is 32.1 Å². The van der Waals surface area contributed by atoms with Gasteiger partial charge in [-0.3, -0.25) is 0 Å². The topological polar surface area (TPSA) is 72.3 Å². The predicted molar refractivity (Wildman–Crippen MR) is 280 cm³/mol. The number of nitrogens with zero attached hydrogens (tertiary/aromatic N) is 6. The van der Waals surface area contributed by atoms with E-state index in [4.69, 9.17) is 15.0 Å². The third-order valence-electron chi connectivity index (χ3n) is 13.4. The Labute approximate surface area is 407 Å². The minimum absolute atomic E-state index is 0.502. The van der Waals surface area contributed by atoms with Gasteiger partial charge in [-0.1, -0.05) is 114 Å². The lowest BCUT2D eigenvalue weighted by Gasteiger charge is -2.19. The summed E-state index contributed by atoms with van der Waals surface area (Å²) >= 11 is 0. The van der Waals surface area contributed by atoms with Crippen LogP contribution in [0.5, 0.6) is 0 Å². The van der Waals surface area contributed by atoms with E-state index in [1.807, 2.05) is 97.9 Å². The van der Waals surface area contributed by atoms with Gasteiger partial charge in [-0.25, -0.2) is 15.0 Å². The fourth-order valence-corrected chi connectivity index (χ4v) is 9.98. The Morgan fingerprint density at radius 2 is 0.789 bits per heavy atom. The van der Waals surface area contributed by atoms with Gasteiger partial charge in [-0.15, -0.1) is 0 Å². The van der Waals surface area contributed by atoms with Crippen molar-refractivity contribution in [2.75, 3.05) is 0 Å². The van der Waals surface area contributed by atoms with E-state index in [0.717, 1.165) is 106 Å². The van der Waals surface area contributed by atoms with Crippen LogP contribution >= 0.6 is 0 Å². The summed E-state index contributed by atoms with van der Waals surface area (Å²) in [5, 5.41) is 13.4. The number of hydrogen-bond donors (Lipinski definition) is 0. The average molecular weight is 927 g/mol. The van der Waals surface area contributed by atoms with Crippen LogP contribution in [0.4, 0.5) is 13.2 Å². The molecule has 0 aliphatic heterocycles. The summed E-state index contributed by atoms with van der Waals surface area (Å²) in [5.41, 5.74) is 14.1. The van der Waals surface area contributed by atoms with Crippen molar-refractivity contribution in [1.82, 2.24) is 24.1 Å². The molecule has 71 heavy (non-hydrogen) atoms. The molecule has 0 radical (unpaired) electrons. The summed E-state index contributed by atoms with van der Waals surface area (Å²) in [6.07, 6.45) is -4.52. The first-order valence-corrected chi connectivity index (χ1v) is 23.3. The zero-order chi connectivity index (χ0) is 48.5. The Morgan fingerprint density at radius 3 is 1.25 bits per heavy atom. The van der Waals surface area contributed by atoms with E-state index in [1.54, 1.807) is 18.2 Å². The maximum atomic E-state index is 14.3. The van der Waals surface area contributed by atoms with Crippen molar-refractivity contribution >= 4 is 43.6 Å². The smallest absolute Gasteiger partial charge is 0.309 e. The Balaban J connectivity index is 1.16. The van der Waals surface area contributed by atoms with E-state index in [9.17, 15) is 18.4 Å². The van der Waals surface area contributed by atoms with Crippen molar-refractivity contribution in [3.8, 4) is 73.9 Å². The van der Waals surface area contributed by atoms with Gasteiger partial charge in [-0.05, 0) is 129 Å². The molecule has 0 aliphatic rings. The molecule has 3 aromatic heterocycles. The second kappa shape index (κ2) is 16.8. The summed E-state index contributed by atoms with van der Waals surface area (Å²) in [4.78, 5) is 15.2. The van der Waals surface area contributed by atoms with Crippen molar-refractivity contribution < 1.29 is 13.2 Å². The maximum Gasteiger partial charge on any atom is 0.416 e. The Bertz CT molecular complexity index is 4010. The molecule has 0 N–H and O–H groups in total. The minimum Gasteiger partial charge on any atom is -0.309 e. The average Bonchev–Trinajstić information content (AvgIpc) is 3.89. The molecule has 0 aliphatic carbocycles. The fourth-order valence-electron chi connectivity index (χ4n) is 9.98. The van der Waals surface area contributed by atoms with Crippen LogP contribution in [-0.4, -0.2) is 24.1 Å². The van der Waals surface area contributed by atoms with Crippen molar-refractivity contribution in [3.05, 3.63) is 222 Å². The van der Waals surface area contributed by atoms with Gasteiger partial charge in [-0.2, -0.15) is 18.4 Å². The van der Waals surface area contributed by atoms with Gasteiger partial charge >= 0.3 is 6.18 Å². The maximum absolute atomic E-state index is 14.3. The Hall–Kier alpha value is -9.13. The molecule has 340 valence electrons. The molecule has 0 saturated heterocycles. The standard InChI is InChI=1S/C62H41F3N6/c1-37-14-24-55-49(30-37)50-31-38(2)15-25-56(50)71(55)54-28-22-45(61-68-59(42-10-6-4-7-11-42)67-60(69-61)43-12-8-5-9-13-43)34-48(54)44-21-27-53(47(33-44)41-19-17-40(36-66)18-20-41)70-57-26-16-39(3)32-51(57)52-35-46(62(63,64)65)23-29-58(52)70/h4-35H,1-3H3. The second-order valence-electron chi connectivity index (χ2n) is 18.2. The fraction of sp³-hybridized carbons (Fsp3) is 0.0645. The van der Waals surface area contributed by atoms with Crippen molar-refractivity contribution in [2.24, 2.45) is 0 Å². The van der Waals surface area contributed by atoms with Crippen molar-refractivity contribution in [2.45, 2.75) is 26.9 Å². The molecule has 12 rings (SSSR count). The largest absolute Gasteiger partial charge is 0.416 e. The molecule has 0 saturated carbocycles. The lowest BCUT2D eigenvalue weighted by Crippen LogP contribution is -2.04. The van der Waals surface area contributed by atoms with Crippen LogP contribution in [0.3, 0.4) is 0 Å². The van der Waals surface area contributed by atoms with Gasteiger partial charge in [0.25, 0.3) is 0 Å². The normalized spacial score (nSPS) is 11.8. The number of hydrogen-bond acceptors (Lipinski definition) is 4. The third-order valence-corrected chi connectivity index (χ3v) is 13.4. The monoisotopic (exact) mass is 926 g/mol. The van der Waals surface area contributed by atoms with Crippen molar-refractivity contribution in [1.29, 1.82) is 5.26 Å². The molecule has 9 heteroatoms.